The lowest BCUT2D eigenvalue weighted by molar-refractivity contribution is -0.156. The number of amides is 2. The van der Waals surface area contributed by atoms with Gasteiger partial charge in [-0.3, -0.25) is 9.59 Å². The Morgan fingerprint density at radius 2 is 1.24 bits per heavy atom. The van der Waals surface area contributed by atoms with Crippen molar-refractivity contribution in [3.63, 3.8) is 0 Å². The van der Waals surface area contributed by atoms with Crippen molar-refractivity contribution in [1.29, 1.82) is 0 Å². The molecular weight excluding hydrogens is 426 g/mol. The fourth-order valence-corrected chi connectivity index (χ4v) is 3.72. The smallest absolute Gasteiger partial charge is 0.312 e. The molecule has 0 aliphatic carbocycles. The molecule has 1 saturated heterocycles. The number of hydrogen-bond donors (Lipinski definition) is 1. The third-order valence-electron chi connectivity index (χ3n) is 5.55. The van der Waals surface area contributed by atoms with E-state index in [1.165, 1.54) is 0 Å². The molecule has 0 unspecified atom stereocenters. The molecule has 9 nitrogen and oxygen atoms in total. The summed E-state index contributed by atoms with van der Waals surface area (Å²) in [5.74, 6) is 1.59. The first-order chi connectivity index (χ1) is 16.0. The molecule has 0 saturated carbocycles. The first-order valence-electron chi connectivity index (χ1n) is 10.7. The number of nitrogens with zero attached hydrogens (tertiary/aromatic N) is 2. The summed E-state index contributed by atoms with van der Waals surface area (Å²) in [6.45, 7) is 2.97. The predicted molar refractivity (Wildman–Crippen MR) is 123 cm³/mol. The van der Waals surface area contributed by atoms with Crippen molar-refractivity contribution in [2.45, 2.75) is 13.1 Å². The van der Waals surface area contributed by atoms with E-state index in [1.54, 1.807) is 44.3 Å². The van der Waals surface area contributed by atoms with Crippen LogP contribution in [0.1, 0.15) is 11.1 Å². The maximum atomic E-state index is 12.6. The van der Waals surface area contributed by atoms with Crippen molar-refractivity contribution in [3.05, 3.63) is 47.5 Å². The van der Waals surface area contributed by atoms with Crippen LogP contribution in [0.25, 0.3) is 0 Å². The molecule has 0 aromatic heterocycles. The number of nitrogens with one attached hydrogen (secondary N) is 1. The Labute approximate surface area is 194 Å². The lowest BCUT2D eigenvalue weighted by Gasteiger charge is -2.34. The molecule has 9 heteroatoms. The topological polar surface area (TPSA) is 89.6 Å². The van der Waals surface area contributed by atoms with Gasteiger partial charge < -0.3 is 34.1 Å². The lowest BCUT2D eigenvalue weighted by atomic mass is 10.1. The van der Waals surface area contributed by atoms with Crippen molar-refractivity contribution in [2.75, 3.05) is 54.6 Å². The molecule has 0 bridgehead atoms. The summed E-state index contributed by atoms with van der Waals surface area (Å²) in [4.78, 5) is 28.4. The Bertz CT molecular complexity index is 979. The third kappa shape index (κ3) is 5.87. The molecule has 0 radical (unpaired) electrons. The zero-order chi connectivity index (χ0) is 23.8. The highest BCUT2D eigenvalue weighted by Crippen LogP contribution is 2.29. The van der Waals surface area contributed by atoms with E-state index < -0.39 is 11.8 Å². The molecule has 1 heterocycles. The first-order valence-corrected chi connectivity index (χ1v) is 10.7. The number of methoxy groups -OCH3 is 4. The van der Waals surface area contributed by atoms with E-state index in [0.29, 0.717) is 62.3 Å². The number of piperazine rings is 1. The minimum atomic E-state index is -0.490. The van der Waals surface area contributed by atoms with Crippen LogP contribution in [-0.2, 0) is 22.7 Å². The number of benzene rings is 2. The summed E-state index contributed by atoms with van der Waals surface area (Å²) in [6, 6.07) is 11.2. The van der Waals surface area contributed by atoms with Crippen LogP contribution in [-0.4, -0.2) is 76.2 Å². The van der Waals surface area contributed by atoms with Crippen LogP contribution in [0.15, 0.2) is 36.4 Å². The minimum Gasteiger partial charge on any atom is -0.493 e. The number of carbonyl (C=O) groups excluding carboxylic acids is 2. The monoisotopic (exact) mass is 457 g/mol. The minimum absolute atomic E-state index is 0.344. The molecule has 1 fully saturated rings. The molecule has 178 valence electrons. The highest BCUT2D eigenvalue weighted by atomic mass is 16.5. The van der Waals surface area contributed by atoms with Gasteiger partial charge in [-0.05, 0) is 35.4 Å². The molecule has 1 aliphatic rings. The van der Waals surface area contributed by atoms with Crippen LogP contribution in [0.5, 0.6) is 23.0 Å². The fourth-order valence-electron chi connectivity index (χ4n) is 3.72. The van der Waals surface area contributed by atoms with E-state index in [1.807, 2.05) is 30.3 Å². The third-order valence-corrected chi connectivity index (χ3v) is 5.55. The zero-order valence-corrected chi connectivity index (χ0v) is 19.6. The van der Waals surface area contributed by atoms with Gasteiger partial charge in [0.15, 0.2) is 23.0 Å². The van der Waals surface area contributed by atoms with Gasteiger partial charge >= 0.3 is 11.8 Å². The van der Waals surface area contributed by atoms with E-state index >= 15 is 0 Å². The molecule has 3 rings (SSSR count). The molecule has 2 amide bonds. The van der Waals surface area contributed by atoms with Crippen LogP contribution >= 0.6 is 0 Å². The zero-order valence-electron chi connectivity index (χ0n) is 19.6. The van der Waals surface area contributed by atoms with Crippen molar-refractivity contribution in [2.24, 2.45) is 0 Å². The highest BCUT2D eigenvalue weighted by molar-refractivity contribution is 6.35. The summed E-state index contributed by atoms with van der Waals surface area (Å²) in [7, 11) is 6.33. The molecule has 1 aliphatic heterocycles. The van der Waals surface area contributed by atoms with Crippen molar-refractivity contribution in [1.82, 2.24) is 15.1 Å². The predicted octanol–water partition coefficient (Wildman–Crippen LogP) is 1.68. The average Bonchev–Trinajstić information content (AvgIpc) is 2.85. The van der Waals surface area contributed by atoms with Gasteiger partial charge in [0.2, 0.25) is 0 Å². The van der Waals surface area contributed by atoms with Gasteiger partial charge in [0.05, 0.1) is 28.4 Å². The maximum Gasteiger partial charge on any atom is 0.312 e. The molecule has 33 heavy (non-hydrogen) atoms. The molecule has 2 aromatic carbocycles. The van der Waals surface area contributed by atoms with E-state index in [9.17, 15) is 9.59 Å². The molecule has 2 aromatic rings. The summed E-state index contributed by atoms with van der Waals surface area (Å²) in [5, 5.41) is 3.31. The van der Waals surface area contributed by atoms with Crippen LogP contribution in [0.2, 0.25) is 0 Å². The highest BCUT2D eigenvalue weighted by Gasteiger charge is 2.32. The second-order valence-corrected chi connectivity index (χ2v) is 7.57. The summed E-state index contributed by atoms with van der Waals surface area (Å²) < 4.78 is 21.1. The Morgan fingerprint density at radius 3 is 1.85 bits per heavy atom. The van der Waals surface area contributed by atoms with E-state index in [2.05, 4.69) is 5.32 Å². The Balaban J connectivity index is 1.48. The average molecular weight is 458 g/mol. The van der Waals surface area contributed by atoms with Crippen LogP contribution in [0.4, 0.5) is 0 Å². The quantitative estimate of drug-likeness (QED) is 0.406. The second kappa shape index (κ2) is 11.4. The van der Waals surface area contributed by atoms with Gasteiger partial charge in [-0.15, -0.1) is 0 Å². The number of ether oxygens (including phenoxy) is 4. The number of hydrogen-bond acceptors (Lipinski definition) is 7. The van der Waals surface area contributed by atoms with E-state index in [4.69, 9.17) is 18.9 Å². The molecule has 1 N–H and O–H groups in total. The lowest BCUT2D eigenvalue weighted by Crippen LogP contribution is -2.55. The van der Waals surface area contributed by atoms with Gasteiger partial charge in [-0.25, -0.2) is 0 Å². The molecule has 0 atom stereocenters. The normalized spacial score (nSPS) is 13.8. The summed E-state index contributed by atoms with van der Waals surface area (Å²) in [6.07, 6.45) is 0. The molecular formula is C24H31N3O6. The molecule has 0 spiro atoms. The van der Waals surface area contributed by atoms with Crippen molar-refractivity contribution < 1.29 is 28.5 Å². The first kappa shape index (κ1) is 24.2. The van der Waals surface area contributed by atoms with Crippen molar-refractivity contribution >= 4 is 11.8 Å². The van der Waals surface area contributed by atoms with Gasteiger partial charge in [0.25, 0.3) is 0 Å². The largest absolute Gasteiger partial charge is 0.493 e. The Morgan fingerprint density at radius 1 is 0.727 bits per heavy atom. The number of carbonyl (C=O) groups is 2. The maximum absolute atomic E-state index is 12.6. The standard InChI is InChI=1S/C24H31N3O6/c1-30-19-7-5-17(13-21(19)32-3)15-25-9-10-26-11-12-27(24(29)23(26)28)16-18-6-8-20(31-2)22(14-18)33-4/h5-8,13-14,25H,9-12,15-16H2,1-4H3. The SMILES string of the molecule is COc1ccc(CNCCN2CCN(Cc3ccc(OC)c(OC)c3)C(=O)C2=O)cc1OC. The van der Waals surface area contributed by atoms with Crippen LogP contribution in [0.3, 0.4) is 0 Å². The van der Waals surface area contributed by atoms with Gasteiger partial charge in [0, 0.05) is 39.3 Å². The number of rotatable bonds is 11. The summed E-state index contributed by atoms with van der Waals surface area (Å²) in [5.41, 5.74) is 1.91. The van der Waals surface area contributed by atoms with Crippen molar-refractivity contribution in [3.8, 4) is 23.0 Å². The Kier molecular flexibility index (Phi) is 8.37. The van der Waals surface area contributed by atoms with Gasteiger partial charge in [0.1, 0.15) is 0 Å². The van der Waals surface area contributed by atoms with E-state index in [-0.39, 0.29) is 0 Å². The fraction of sp³-hybridized carbons (Fsp3) is 0.417. The van der Waals surface area contributed by atoms with Gasteiger partial charge in [-0.2, -0.15) is 0 Å². The van der Waals surface area contributed by atoms with E-state index in [0.717, 1.165) is 11.1 Å². The van der Waals surface area contributed by atoms with Gasteiger partial charge in [-0.1, -0.05) is 12.1 Å². The second-order valence-electron chi connectivity index (χ2n) is 7.57. The van der Waals surface area contributed by atoms with Crippen LogP contribution < -0.4 is 24.3 Å². The Hall–Kier alpha value is -3.46. The summed E-state index contributed by atoms with van der Waals surface area (Å²) >= 11 is 0. The van der Waals surface area contributed by atoms with Crippen LogP contribution in [0, 0.1) is 0 Å².